The van der Waals surface area contributed by atoms with Crippen molar-refractivity contribution in [2.45, 2.75) is 0 Å². The molecule has 0 fully saturated rings. The number of benzene rings is 2. The number of amides is 2. The molecule has 1 aromatic heterocycles. The first-order valence-electron chi connectivity index (χ1n) is 7.70. The van der Waals surface area contributed by atoms with Crippen LogP contribution in [0, 0.1) is 0 Å². The summed E-state index contributed by atoms with van der Waals surface area (Å²) in [5.41, 5.74) is 3.57. The van der Waals surface area contributed by atoms with E-state index in [1.807, 2.05) is 96.6 Å². The summed E-state index contributed by atoms with van der Waals surface area (Å²) in [7, 11) is 3.93. The fourth-order valence-corrected chi connectivity index (χ4v) is 2.38. The number of nitrogens with zero attached hydrogens (tertiary/aromatic N) is 2. The Labute approximate surface area is 141 Å². The van der Waals surface area contributed by atoms with Crippen molar-refractivity contribution in [1.29, 1.82) is 0 Å². The molecule has 2 aromatic carbocycles. The topological polar surface area (TPSA) is 49.3 Å². The monoisotopic (exact) mass is 320 g/mol. The Morgan fingerprint density at radius 1 is 0.875 bits per heavy atom. The van der Waals surface area contributed by atoms with Gasteiger partial charge in [0.2, 0.25) is 0 Å². The lowest BCUT2D eigenvalue weighted by molar-refractivity contribution is 0.262. The lowest BCUT2D eigenvalue weighted by Gasteiger charge is -2.14. The van der Waals surface area contributed by atoms with Crippen molar-refractivity contribution >= 4 is 23.1 Å². The molecule has 0 spiro atoms. The van der Waals surface area contributed by atoms with Crippen LogP contribution in [-0.4, -0.2) is 24.7 Å². The van der Waals surface area contributed by atoms with Gasteiger partial charge in [-0.25, -0.2) is 4.79 Å². The van der Waals surface area contributed by atoms with E-state index in [1.54, 1.807) is 0 Å². The van der Waals surface area contributed by atoms with Crippen LogP contribution in [0.25, 0.3) is 5.69 Å². The van der Waals surface area contributed by atoms with Crippen LogP contribution in [0.3, 0.4) is 0 Å². The molecule has 122 valence electrons. The molecule has 5 heteroatoms. The van der Waals surface area contributed by atoms with E-state index in [2.05, 4.69) is 10.6 Å². The molecule has 0 atom stereocenters. The standard InChI is InChI=1S/C19H20N4O/c1-22(2)18-7-5-6-16(14-18)21-19(24)20-15-8-10-17(11-9-15)23-12-3-4-13-23/h3-14H,1-2H3,(H2,20,21,24). The molecule has 0 saturated carbocycles. The molecule has 1 heterocycles. The maximum atomic E-state index is 12.1. The minimum atomic E-state index is -0.264. The molecule has 3 aromatic rings. The number of hydrogen-bond donors (Lipinski definition) is 2. The van der Waals surface area contributed by atoms with E-state index in [4.69, 9.17) is 0 Å². The highest BCUT2D eigenvalue weighted by Gasteiger charge is 2.04. The molecular formula is C19H20N4O. The zero-order valence-corrected chi connectivity index (χ0v) is 13.7. The average molecular weight is 320 g/mol. The highest BCUT2D eigenvalue weighted by atomic mass is 16.2. The first-order chi connectivity index (χ1) is 11.6. The molecule has 5 nitrogen and oxygen atoms in total. The summed E-state index contributed by atoms with van der Waals surface area (Å²) >= 11 is 0. The van der Waals surface area contributed by atoms with Gasteiger partial charge in [-0.3, -0.25) is 0 Å². The van der Waals surface area contributed by atoms with Gasteiger partial charge in [-0.05, 0) is 54.6 Å². The molecule has 2 N–H and O–H groups in total. The van der Waals surface area contributed by atoms with Gasteiger partial charge in [0.1, 0.15) is 0 Å². The Bertz CT molecular complexity index is 808. The van der Waals surface area contributed by atoms with Crippen LogP contribution in [0.15, 0.2) is 73.1 Å². The van der Waals surface area contributed by atoms with E-state index in [0.717, 1.165) is 22.7 Å². The third-order valence-corrected chi connectivity index (χ3v) is 3.65. The Balaban J connectivity index is 1.63. The average Bonchev–Trinajstić information content (AvgIpc) is 3.10. The summed E-state index contributed by atoms with van der Waals surface area (Å²) in [6.07, 6.45) is 3.96. The number of carbonyl (C=O) groups excluding carboxylic acids is 1. The second-order valence-corrected chi connectivity index (χ2v) is 5.66. The van der Waals surface area contributed by atoms with Crippen LogP contribution in [0.4, 0.5) is 21.9 Å². The summed E-state index contributed by atoms with van der Waals surface area (Å²) in [5, 5.41) is 5.68. The predicted molar refractivity (Wildman–Crippen MR) is 99.2 cm³/mol. The minimum Gasteiger partial charge on any atom is -0.378 e. The number of aromatic nitrogens is 1. The molecule has 0 bridgehead atoms. The fourth-order valence-electron chi connectivity index (χ4n) is 2.38. The van der Waals surface area contributed by atoms with Gasteiger partial charge in [0.15, 0.2) is 0 Å². The molecule has 0 aliphatic heterocycles. The van der Waals surface area contributed by atoms with E-state index in [1.165, 1.54) is 0 Å². The molecule has 24 heavy (non-hydrogen) atoms. The summed E-state index contributed by atoms with van der Waals surface area (Å²) in [6.45, 7) is 0. The maximum Gasteiger partial charge on any atom is 0.323 e. The van der Waals surface area contributed by atoms with E-state index in [-0.39, 0.29) is 6.03 Å². The van der Waals surface area contributed by atoms with E-state index in [0.29, 0.717) is 0 Å². The largest absolute Gasteiger partial charge is 0.378 e. The molecular weight excluding hydrogens is 300 g/mol. The van der Waals surface area contributed by atoms with Crippen molar-refractivity contribution in [1.82, 2.24) is 4.57 Å². The van der Waals surface area contributed by atoms with Gasteiger partial charge in [-0.15, -0.1) is 0 Å². The zero-order chi connectivity index (χ0) is 16.9. The number of carbonyl (C=O) groups is 1. The van der Waals surface area contributed by atoms with E-state index < -0.39 is 0 Å². The normalized spacial score (nSPS) is 10.2. The Hall–Kier alpha value is -3.21. The number of hydrogen-bond acceptors (Lipinski definition) is 2. The van der Waals surface area contributed by atoms with E-state index >= 15 is 0 Å². The lowest BCUT2D eigenvalue weighted by atomic mass is 10.2. The Morgan fingerprint density at radius 2 is 1.54 bits per heavy atom. The highest BCUT2D eigenvalue weighted by molar-refractivity contribution is 6.00. The van der Waals surface area contributed by atoms with Crippen molar-refractivity contribution in [3.8, 4) is 5.69 Å². The van der Waals surface area contributed by atoms with Gasteiger partial charge < -0.3 is 20.1 Å². The van der Waals surface area contributed by atoms with Crippen molar-refractivity contribution in [2.24, 2.45) is 0 Å². The molecule has 0 saturated heterocycles. The third kappa shape index (κ3) is 3.76. The fraction of sp³-hybridized carbons (Fsp3) is 0.105. The zero-order valence-electron chi connectivity index (χ0n) is 13.7. The number of anilines is 3. The molecule has 2 amide bonds. The quantitative estimate of drug-likeness (QED) is 0.757. The van der Waals surface area contributed by atoms with Crippen LogP contribution in [0.5, 0.6) is 0 Å². The van der Waals surface area contributed by atoms with Crippen molar-refractivity contribution in [3.05, 3.63) is 73.1 Å². The lowest BCUT2D eigenvalue weighted by Crippen LogP contribution is -2.19. The molecule has 3 rings (SSSR count). The Kier molecular flexibility index (Phi) is 4.52. The third-order valence-electron chi connectivity index (χ3n) is 3.65. The van der Waals surface area contributed by atoms with Crippen molar-refractivity contribution in [2.75, 3.05) is 29.6 Å². The SMILES string of the molecule is CN(C)c1cccc(NC(=O)Nc2ccc(-n3cccc3)cc2)c1. The Morgan fingerprint density at radius 3 is 2.21 bits per heavy atom. The summed E-state index contributed by atoms with van der Waals surface area (Å²) in [6, 6.07) is 19.1. The smallest absolute Gasteiger partial charge is 0.323 e. The van der Waals surface area contributed by atoms with Gasteiger partial charge in [0.25, 0.3) is 0 Å². The second kappa shape index (κ2) is 6.91. The van der Waals surface area contributed by atoms with Gasteiger partial charge in [-0.1, -0.05) is 6.07 Å². The van der Waals surface area contributed by atoms with Gasteiger partial charge in [-0.2, -0.15) is 0 Å². The summed E-state index contributed by atoms with van der Waals surface area (Å²) < 4.78 is 2.01. The first-order valence-corrected chi connectivity index (χ1v) is 7.70. The van der Waals surface area contributed by atoms with E-state index in [9.17, 15) is 4.79 Å². The first kappa shape index (κ1) is 15.7. The predicted octanol–water partition coefficient (Wildman–Crippen LogP) is 4.19. The number of nitrogens with one attached hydrogen (secondary N) is 2. The molecule has 0 aliphatic rings. The van der Waals surface area contributed by atoms with Gasteiger partial charge in [0, 0.05) is 49.2 Å². The van der Waals surface area contributed by atoms with Crippen LogP contribution >= 0.6 is 0 Å². The van der Waals surface area contributed by atoms with Gasteiger partial charge >= 0.3 is 6.03 Å². The highest BCUT2D eigenvalue weighted by Crippen LogP contribution is 2.18. The number of urea groups is 1. The minimum absolute atomic E-state index is 0.264. The summed E-state index contributed by atoms with van der Waals surface area (Å²) in [4.78, 5) is 14.1. The maximum absolute atomic E-state index is 12.1. The van der Waals surface area contributed by atoms with Crippen molar-refractivity contribution < 1.29 is 4.79 Å². The van der Waals surface area contributed by atoms with Crippen molar-refractivity contribution in [3.63, 3.8) is 0 Å². The van der Waals surface area contributed by atoms with Gasteiger partial charge in [0.05, 0.1) is 0 Å². The van der Waals surface area contributed by atoms with Crippen LogP contribution in [0.2, 0.25) is 0 Å². The molecule has 0 unspecified atom stereocenters. The molecule has 0 radical (unpaired) electrons. The number of rotatable bonds is 4. The van der Waals surface area contributed by atoms with Crippen LogP contribution < -0.4 is 15.5 Å². The van der Waals surface area contributed by atoms with Crippen LogP contribution in [0.1, 0.15) is 0 Å². The summed E-state index contributed by atoms with van der Waals surface area (Å²) in [5.74, 6) is 0. The second-order valence-electron chi connectivity index (χ2n) is 5.66. The molecule has 0 aliphatic carbocycles. The van der Waals surface area contributed by atoms with Crippen LogP contribution in [-0.2, 0) is 0 Å².